The standard InChI is InChI=1S/C13H24N2O/c1-12(2)10(13(12,3)4)11(16)15-9-5-7-14-8-6-9/h9-10,14H,5-8H2,1-4H3,(H,15,16). The van der Waals surface area contributed by atoms with E-state index >= 15 is 0 Å². The topological polar surface area (TPSA) is 41.1 Å². The first-order valence-corrected chi connectivity index (χ1v) is 6.38. The molecule has 1 aliphatic heterocycles. The SMILES string of the molecule is CC1(C)C(C(=O)NC2CCNCC2)C1(C)C. The largest absolute Gasteiger partial charge is 0.353 e. The summed E-state index contributed by atoms with van der Waals surface area (Å²) in [4.78, 5) is 12.2. The number of nitrogens with one attached hydrogen (secondary N) is 2. The van der Waals surface area contributed by atoms with Crippen molar-refractivity contribution in [3.8, 4) is 0 Å². The summed E-state index contributed by atoms with van der Waals surface area (Å²) in [5.41, 5.74) is 0.313. The van der Waals surface area contributed by atoms with Crippen molar-refractivity contribution in [2.45, 2.75) is 46.6 Å². The van der Waals surface area contributed by atoms with Gasteiger partial charge in [0.15, 0.2) is 0 Å². The zero-order valence-corrected chi connectivity index (χ0v) is 10.9. The van der Waals surface area contributed by atoms with E-state index in [1.54, 1.807) is 0 Å². The molecule has 92 valence electrons. The van der Waals surface area contributed by atoms with Gasteiger partial charge in [-0.25, -0.2) is 0 Å². The van der Waals surface area contributed by atoms with Crippen molar-refractivity contribution in [1.82, 2.24) is 10.6 Å². The Kier molecular flexibility index (Phi) is 2.77. The van der Waals surface area contributed by atoms with E-state index < -0.39 is 0 Å². The molecular formula is C13H24N2O. The minimum atomic E-state index is 0.157. The van der Waals surface area contributed by atoms with Gasteiger partial charge >= 0.3 is 0 Å². The molecule has 0 aromatic rings. The average Bonchev–Trinajstić information content (AvgIpc) is 2.58. The molecule has 0 spiro atoms. The smallest absolute Gasteiger partial charge is 0.224 e. The van der Waals surface area contributed by atoms with E-state index in [1.165, 1.54) is 0 Å². The molecule has 1 aliphatic carbocycles. The van der Waals surface area contributed by atoms with Gasteiger partial charge in [0.2, 0.25) is 5.91 Å². The molecule has 2 aliphatic rings. The van der Waals surface area contributed by atoms with Gasteiger partial charge in [0.25, 0.3) is 0 Å². The summed E-state index contributed by atoms with van der Waals surface area (Å²) in [6.07, 6.45) is 2.14. The monoisotopic (exact) mass is 224 g/mol. The van der Waals surface area contributed by atoms with Gasteiger partial charge in [0.05, 0.1) is 0 Å². The van der Waals surface area contributed by atoms with Gasteiger partial charge in [0.1, 0.15) is 0 Å². The van der Waals surface area contributed by atoms with Crippen LogP contribution in [-0.2, 0) is 4.79 Å². The summed E-state index contributed by atoms with van der Waals surface area (Å²) in [5.74, 6) is 0.455. The number of piperidine rings is 1. The van der Waals surface area contributed by atoms with Gasteiger partial charge in [-0.2, -0.15) is 0 Å². The zero-order chi connectivity index (χ0) is 12.0. The predicted molar refractivity (Wildman–Crippen MR) is 65.1 cm³/mol. The molecule has 3 nitrogen and oxygen atoms in total. The Bertz CT molecular complexity index is 276. The Morgan fingerprint density at radius 3 is 2.06 bits per heavy atom. The van der Waals surface area contributed by atoms with Crippen LogP contribution in [0.25, 0.3) is 0 Å². The lowest BCUT2D eigenvalue weighted by Gasteiger charge is -2.24. The van der Waals surface area contributed by atoms with Crippen LogP contribution < -0.4 is 10.6 Å². The fourth-order valence-electron chi connectivity index (χ4n) is 3.10. The van der Waals surface area contributed by atoms with Crippen molar-refractivity contribution in [1.29, 1.82) is 0 Å². The Hall–Kier alpha value is -0.570. The van der Waals surface area contributed by atoms with E-state index in [4.69, 9.17) is 0 Å². The molecule has 3 heteroatoms. The number of carbonyl (C=O) groups excluding carboxylic acids is 1. The minimum absolute atomic E-state index is 0.157. The minimum Gasteiger partial charge on any atom is -0.353 e. The fraction of sp³-hybridized carbons (Fsp3) is 0.923. The quantitative estimate of drug-likeness (QED) is 0.747. The zero-order valence-electron chi connectivity index (χ0n) is 10.9. The van der Waals surface area contributed by atoms with Gasteiger partial charge in [-0.05, 0) is 36.8 Å². The van der Waals surface area contributed by atoms with E-state index in [2.05, 4.69) is 38.3 Å². The molecule has 0 atom stereocenters. The second-order valence-electron chi connectivity index (χ2n) is 6.41. The third kappa shape index (κ3) is 1.75. The molecule has 2 rings (SSSR count). The third-order valence-electron chi connectivity index (χ3n) is 4.97. The number of hydrogen-bond acceptors (Lipinski definition) is 2. The molecule has 0 aromatic heterocycles. The van der Waals surface area contributed by atoms with Crippen LogP contribution in [-0.4, -0.2) is 25.0 Å². The van der Waals surface area contributed by atoms with Gasteiger partial charge < -0.3 is 10.6 Å². The predicted octanol–water partition coefficient (Wildman–Crippen LogP) is 1.54. The van der Waals surface area contributed by atoms with Crippen LogP contribution in [0, 0.1) is 16.7 Å². The average molecular weight is 224 g/mol. The van der Waals surface area contributed by atoms with E-state index in [1.807, 2.05) is 0 Å². The highest BCUT2D eigenvalue weighted by molar-refractivity contribution is 5.84. The Morgan fingerprint density at radius 2 is 1.62 bits per heavy atom. The van der Waals surface area contributed by atoms with Crippen LogP contribution in [0.4, 0.5) is 0 Å². The summed E-state index contributed by atoms with van der Waals surface area (Å²) < 4.78 is 0. The molecule has 1 amide bonds. The summed E-state index contributed by atoms with van der Waals surface area (Å²) in [6, 6.07) is 0.390. The van der Waals surface area contributed by atoms with Crippen molar-refractivity contribution >= 4 is 5.91 Å². The van der Waals surface area contributed by atoms with E-state index in [0.717, 1.165) is 25.9 Å². The summed E-state index contributed by atoms with van der Waals surface area (Å²) in [7, 11) is 0. The number of amides is 1. The molecule has 1 heterocycles. The Labute approximate surface area is 98.4 Å². The second kappa shape index (κ2) is 3.73. The van der Waals surface area contributed by atoms with Crippen molar-refractivity contribution in [3.05, 3.63) is 0 Å². The van der Waals surface area contributed by atoms with Crippen LogP contribution in [0.3, 0.4) is 0 Å². The lowest BCUT2D eigenvalue weighted by molar-refractivity contribution is -0.124. The normalized spacial score (nSPS) is 28.8. The van der Waals surface area contributed by atoms with Crippen molar-refractivity contribution in [2.24, 2.45) is 16.7 Å². The van der Waals surface area contributed by atoms with Crippen LogP contribution in [0.2, 0.25) is 0 Å². The van der Waals surface area contributed by atoms with Gasteiger partial charge in [-0.1, -0.05) is 27.7 Å². The van der Waals surface area contributed by atoms with Crippen molar-refractivity contribution < 1.29 is 4.79 Å². The molecule has 16 heavy (non-hydrogen) atoms. The molecular weight excluding hydrogens is 200 g/mol. The molecule has 0 unspecified atom stereocenters. The van der Waals surface area contributed by atoms with Crippen molar-refractivity contribution in [3.63, 3.8) is 0 Å². The van der Waals surface area contributed by atoms with Gasteiger partial charge in [0, 0.05) is 12.0 Å². The molecule has 0 bridgehead atoms. The maximum Gasteiger partial charge on any atom is 0.224 e. The van der Waals surface area contributed by atoms with Gasteiger partial charge in [-0.3, -0.25) is 4.79 Å². The van der Waals surface area contributed by atoms with E-state index in [-0.39, 0.29) is 22.7 Å². The second-order valence-corrected chi connectivity index (χ2v) is 6.41. The van der Waals surface area contributed by atoms with Gasteiger partial charge in [-0.15, -0.1) is 0 Å². The maximum absolute atomic E-state index is 12.2. The third-order valence-corrected chi connectivity index (χ3v) is 4.97. The number of rotatable bonds is 2. The number of hydrogen-bond donors (Lipinski definition) is 2. The molecule has 2 N–H and O–H groups in total. The lowest BCUT2D eigenvalue weighted by atomic mass is 10.0. The molecule has 0 aromatic carbocycles. The summed E-state index contributed by atoms with van der Waals surface area (Å²) >= 11 is 0. The lowest BCUT2D eigenvalue weighted by Crippen LogP contribution is -2.43. The Morgan fingerprint density at radius 1 is 1.12 bits per heavy atom. The van der Waals surface area contributed by atoms with E-state index in [0.29, 0.717) is 6.04 Å². The highest BCUT2D eigenvalue weighted by Crippen LogP contribution is 2.68. The van der Waals surface area contributed by atoms with Crippen molar-refractivity contribution in [2.75, 3.05) is 13.1 Å². The highest BCUT2D eigenvalue weighted by atomic mass is 16.2. The first-order chi connectivity index (χ1) is 7.37. The maximum atomic E-state index is 12.2. The highest BCUT2D eigenvalue weighted by Gasteiger charge is 2.68. The molecule has 2 fully saturated rings. The summed E-state index contributed by atoms with van der Waals surface area (Å²) in [5, 5.41) is 6.53. The number of carbonyl (C=O) groups is 1. The molecule has 1 saturated carbocycles. The Balaban J connectivity index is 1.90. The van der Waals surface area contributed by atoms with Crippen LogP contribution in [0.1, 0.15) is 40.5 Å². The molecule has 0 radical (unpaired) electrons. The van der Waals surface area contributed by atoms with Crippen LogP contribution in [0.15, 0.2) is 0 Å². The first-order valence-electron chi connectivity index (χ1n) is 6.38. The van der Waals surface area contributed by atoms with Crippen LogP contribution in [0.5, 0.6) is 0 Å². The van der Waals surface area contributed by atoms with E-state index in [9.17, 15) is 4.79 Å². The molecule has 1 saturated heterocycles. The van der Waals surface area contributed by atoms with Crippen LogP contribution >= 0.6 is 0 Å². The first kappa shape index (κ1) is 11.9. The summed E-state index contributed by atoms with van der Waals surface area (Å²) in [6.45, 7) is 10.8. The fourth-order valence-corrected chi connectivity index (χ4v) is 3.10.